The molecule has 3 N–H and O–H groups in total. The lowest BCUT2D eigenvalue weighted by molar-refractivity contribution is 0.117. The van der Waals surface area contributed by atoms with Gasteiger partial charge >= 0.3 is 0 Å². The van der Waals surface area contributed by atoms with Crippen LogP contribution < -0.4 is 16.0 Å². The van der Waals surface area contributed by atoms with E-state index in [0.717, 1.165) is 63.8 Å². The highest BCUT2D eigenvalue weighted by molar-refractivity contribution is 14.0. The third-order valence-electron chi connectivity index (χ3n) is 3.44. The molecule has 1 fully saturated rings. The second-order valence-corrected chi connectivity index (χ2v) is 5.28. The predicted molar refractivity (Wildman–Crippen MR) is 106 cm³/mol. The molecule has 0 aliphatic carbocycles. The largest absolute Gasteiger partial charge is 0.376 e. The summed E-state index contributed by atoms with van der Waals surface area (Å²) < 4.78 is 5.59. The Kier molecular flexibility index (Phi) is 10.7. The number of anilines is 1. The molecule has 1 aliphatic rings. The molecule has 7 heteroatoms. The quantitative estimate of drug-likeness (QED) is 0.254. The SMILES string of the molecule is CCNC(=NCC1CCCO1)NCCCNc1ccccn1.I. The van der Waals surface area contributed by atoms with E-state index in [1.54, 1.807) is 6.20 Å². The van der Waals surface area contributed by atoms with Crippen molar-refractivity contribution in [2.45, 2.75) is 32.3 Å². The van der Waals surface area contributed by atoms with E-state index in [9.17, 15) is 0 Å². The van der Waals surface area contributed by atoms with E-state index in [1.165, 1.54) is 0 Å². The van der Waals surface area contributed by atoms with E-state index in [0.29, 0.717) is 6.10 Å². The number of aliphatic imine (C=N–C) groups is 1. The highest BCUT2D eigenvalue weighted by Gasteiger charge is 2.14. The molecule has 2 heterocycles. The molecule has 1 saturated heterocycles. The average molecular weight is 433 g/mol. The second kappa shape index (κ2) is 12.3. The van der Waals surface area contributed by atoms with Crippen LogP contribution in [0.2, 0.25) is 0 Å². The lowest BCUT2D eigenvalue weighted by Gasteiger charge is -2.13. The van der Waals surface area contributed by atoms with E-state index in [-0.39, 0.29) is 24.0 Å². The number of hydrogen-bond acceptors (Lipinski definition) is 4. The average Bonchev–Trinajstić information content (AvgIpc) is 3.06. The van der Waals surface area contributed by atoms with Crippen LogP contribution in [0.4, 0.5) is 5.82 Å². The van der Waals surface area contributed by atoms with E-state index >= 15 is 0 Å². The molecule has 0 saturated carbocycles. The number of guanidine groups is 1. The molecular weight excluding hydrogens is 405 g/mol. The summed E-state index contributed by atoms with van der Waals surface area (Å²) in [7, 11) is 0. The fourth-order valence-corrected chi connectivity index (χ4v) is 2.30. The van der Waals surface area contributed by atoms with Crippen molar-refractivity contribution in [2.75, 3.05) is 38.1 Å². The summed E-state index contributed by atoms with van der Waals surface area (Å²) in [5, 5.41) is 9.92. The first-order valence-corrected chi connectivity index (χ1v) is 8.17. The summed E-state index contributed by atoms with van der Waals surface area (Å²) in [6, 6.07) is 5.87. The molecule has 0 aromatic carbocycles. The van der Waals surface area contributed by atoms with E-state index < -0.39 is 0 Å². The van der Waals surface area contributed by atoms with Gasteiger partial charge in [-0.15, -0.1) is 24.0 Å². The summed E-state index contributed by atoms with van der Waals surface area (Å²) in [5.41, 5.74) is 0. The third kappa shape index (κ3) is 8.36. The van der Waals surface area contributed by atoms with Crippen LogP contribution in [0.1, 0.15) is 26.2 Å². The molecule has 2 rings (SSSR count). The molecular formula is C16H28IN5O. The van der Waals surface area contributed by atoms with Crippen LogP contribution in [0.3, 0.4) is 0 Å². The molecule has 0 radical (unpaired) electrons. The molecule has 1 aromatic rings. The van der Waals surface area contributed by atoms with Gasteiger partial charge in [-0.05, 0) is 38.3 Å². The maximum Gasteiger partial charge on any atom is 0.191 e. The van der Waals surface area contributed by atoms with Gasteiger partial charge in [0.1, 0.15) is 5.82 Å². The number of nitrogens with zero attached hydrogens (tertiary/aromatic N) is 2. The van der Waals surface area contributed by atoms with Crippen LogP contribution in [-0.2, 0) is 4.74 Å². The van der Waals surface area contributed by atoms with Crippen LogP contribution in [0.5, 0.6) is 0 Å². The molecule has 6 nitrogen and oxygen atoms in total. The summed E-state index contributed by atoms with van der Waals surface area (Å²) >= 11 is 0. The van der Waals surface area contributed by atoms with Crippen molar-refractivity contribution >= 4 is 35.8 Å². The Morgan fingerprint density at radius 1 is 1.35 bits per heavy atom. The van der Waals surface area contributed by atoms with E-state index in [1.807, 2.05) is 18.2 Å². The summed E-state index contributed by atoms with van der Waals surface area (Å²) in [6.45, 7) is 6.31. The van der Waals surface area contributed by atoms with Crippen molar-refractivity contribution in [1.82, 2.24) is 15.6 Å². The maximum absolute atomic E-state index is 5.59. The molecule has 23 heavy (non-hydrogen) atoms. The highest BCUT2D eigenvalue weighted by atomic mass is 127. The third-order valence-corrected chi connectivity index (χ3v) is 3.44. The molecule has 130 valence electrons. The first-order chi connectivity index (χ1) is 10.9. The van der Waals surface area contributed by atoms with Gasteiger partial charge in [0, 0.05) is 32.4 Å². The zero-order chi connectivity index (χ0) is 15.5. The molecule has 0 bridgehead atoms. The van der Waals surface area contributed by atoms with Gasteiger partial charge in [0.2, 0.25) is 0 Å². The minimum atomic E-state index is 0. The number of aromatic nitrogens is 1. The lowest BCUT2D eigenvalue weighted by Crippen LogP contribution is -2.38. The van der Waals surface area contributed by atoms with Gasteiger partial charge in [-0.25, -0.2) is 4.98 Å². The van der Waals surface area contributed by atoms with Crippen molar-refractivity contribution in [3.63, 3.8) is 0 Å². The number of rotatable bonds is 8. The van der Waals surface area contributed by atoms with Crippen molar-refractivity contribution < 1.29 is 4.74 Å². The van der Waals surface area contributed by atoms with Crippen LogP contribution in [0, 0.1) is 0 Å². The number of pyridine rings is 1. The number of ether oxygens (including phenoxy) is 1. The minimum Gasteiger partial charge on any atom is -0.376 e. The van der Waals surface area contributed by atoms with Crippen LogP contribution in [0.25, 0.3) is 0 Å². The van der Waals surface area contributed by atoms with Crippen molar-refractivity contribution in [2.24, 2.45) is 4.99 Å². The summed E-state index contributed by atoms with van der Waals surface area (Å²) in [5.74, 6) is 1.79. The minimum absolute atomic E-state index is 0. The molecule has 1 unspecified atom stereocenters. The fourth-order valence-electron chi connectivity index (χ4n) is 2.30. The highest BCUT2D eigenvalue weighted by Crippen LogP contribution is 2.11. The van der Waals surface area contributed by atoms with E-state index in [4.69, 9.17) is 4.74 Å². The monoisotopic (exact) mass is 433 g/mol. The van der Waals surface area contributed by atoms with Gasteiger partial charge in [0.15, 0.2) is 5.96 Å². The topological polar surface area (TPSA) is 70.6 Å². The lowest BCUT2D eigenvalue weighted by atomic mass is 10.2. The van der Waals surface area contributed by atoms with Gasteiger partial charge in [-0.3, -0.25) is 4.99 Å². The Hall–Kier alpha value is -1.09. The van der Waals surface area contributed by atoms with Crippen molar-refractivity contribution in [3.8, 4) is 0 Å². The normalized spacial score (nSPS) is 17.4. The van der Waals surface area contributed by atoms with Gasteiger partial charge in [0.05, 0.1) is 12.6 Å². The van der Waals surface area contributed by atoms with Crippen LogP contribution >= 0.6 is 24.0 Å². The Morgan fingerprint density at radius 2 is 2.26 bits per heavy atom. The molecule has 0 spiro atoms. The molecule has 1 aromatic heterocycles. The molecule has 1 aliphatic heterocycles. The van der Waals surface area contributed by atoms with E-state index in [2.05, 4.69) is 32.9 Å². The Balaban J connectivity index is 0.00000264. The summed E-state index contributed by atoms with van der Waals surface area (Å²) in [4.78, 5) is 8.82. The molecule has 0 amide bonds. The smallest absolute Gasteiger partial charge is 0.191 e. The standard InChI is InChI=1S/C16H27N5O.HI/c1-2-17-16(21-13-14-7-5-12-22-14)20-11-6-10-19-15-8-3-4-9-18-15;/h3-4,8-9,14H,2,5-7,10-13H2,1H3,(H,18,19)(H2,17,20,21);1H. The predicted octanol–water partition coefficient (Wildman–Crippen LogP) is 2.24. The molecule has 1 atom stereocenters. The van der Waals surface area contributed by atoms with Crippen molar-refractivity contribution in [3.05, 3.63) is 24.4 Å². The van der Waals surface area contributed by atoms with Gasteiger partial charge in [-0.1, -0.05) is 6.07 Å². The second-order valence-electron chi connectivity index (χ2n) is 5.28. The maximum atomic E-state index is 5.59. The fraction of sp³-hybridized carbons (Fsp3) is 0.625. The Bertz CT molecular complexity index is 437. The number of hydrogen-bond donors (Lipinski definition) is 3. The first kappa shape index (κ1) is 20.0. The van der Waals surface area contributed by atoms with Gasteiger partial charge in [0.25, 0.3) is 0 Å². The van der Waals surface area contributed by atoms with Crippen LogP contribution in [0.15, 0.2) is 29.4 Å². The van der Waals surface area contributed by atoms with Crippen LogP contribution in [-0.4, -0.2) is 49.8 Å². The zero-order valence-electron chi connectivity index (χ0n) is 13.8. The Labute approximate surface area is 155 Å². The van der Waals surface area contributed by atoms with Crippen molar-refractivity contribution in [1.29, 1.82) is 0 Å². The first-order valence-electron chi connectivity index (χ1n) is 8.17. The number of nitrogens with one attached hydrogen (secondary N) is 3. The zero-order valence-corrected chi connectivity index (χ0v) is 16.1. The number of halogens is 1. The Morgan fingerprint density at radius 3 is 2.96 bits per heavy atom. The van der Waals surface area contributed by atoms with Gasteiger partial charge < -0.3 is 20.7 Å². The van der Waals surface area contributed by atoms with Gasteiger partial charge in [-0.2, -0.15) is 0 Å². The summed E-state index contributed by atoms with van der Waals surface area (Å²) in [6.07, 6.45) is 5.37.